The molecule has 0 spiro atoms. The molecule has 24 heavy (non-hydrogen) atoms. The van der Waals surface area contributed by atoms with Crippen LogP contribution in [-0.4, -0.2) is 65.6 Å². The number of aliphatic carboxylic acids is 1. The van der Waals surface area contributed by atoms with Crippen LogP contribution < -0.4 is 10.1 Å². The molecule has 132 valence electrons. The van der Waals surface area contributed by atoms with Gasteiger partial charge in [-0.25, -0.2) is 14.6 Å². The maximum atomic E-state index is 12.1. The fourth-order valence-corrected chi connectivity index (χ4v) is 1.91. The van der Waals surface area contributed by atoms with Crippen molar-refractivity contribution in [1.29, 1.82) is 0 Å². The number of morpholine rings is 1. The first-order chi connectivity index (χ1) is 11.2. The monoisotopic (exact) mass is 349 g/mol. The van der Waals surface area contributed by atoms with Crippen LogP contribution in [0.5, 0.6) is 5.88 Å². The van der Waals surface area contributed by atoms with Gasteiger partial charge in [0.15, 0.2) is 12.7 Å². The third-order valence-corrected chi connectivity index (χ3v) is 3.00. The van der Waals surface area contributed by atoms with Crippen molar-refractivity contribution in [3.05, 3.63) is 18.3 Å². The number of amides is 2. The van der Waals surface area contributed by atoms with Gasteiger partial charge in [0, 0.05) is 24.5 Å². The van der Waals surface area contributed by atoms with Gasteiger partial charge in [0.05, 0.1) is 13.2 Å². The molecule has 1 atom stereocenters. The minimum Gasteiger partial charge on any atom is -0.479 e. The van der Waals surface area contributed by atoms with Crippen molar-refractivity contribution in [1.82, 2.24) is 9.88 Å². The average molecular weight is 349 g/mol. The van der Waals surface area contributed by atoms with Gasteiger partial charge in [0.1, 0.15) is 0 Å². The lowest BCUT2D eigenvalue weighted by molar-refractivity contribution is -0.155. The summed E-state index contributed by atoms with van der Waals surface area (Å²) in [5, 5.41) is 11.3. The lowest BCUT2D eigenvalue weighted by Crippen LogP contribution is -2.49. The zero-order valence-electron chi connectivity index (χ0n) is 12.2. The molecule has 1 aromatic heterocycles. The first-order valence-electron chi connectivity index (χ1n) is 6.80. The highest BCUT2D eigenvalue weighted by Crippen LogP contribution is 2.19. The number of halogens is 3. The molecule has 1 saturated heterocycles. The minimum atomic E-state index is -4.50. The van der Waals surface area contributed by atoms with Gasteiger partial charge in [0.25, 0.3) is 0 Å². The molecule has 1 aliphatic heterocycles. The molecule has 2 N–H and O–H groups in total. The maximum absolute atomic E-state index is 12.1. The van der Waals surface area contributed by atoms with E-state index in [9.17, 15) is 22.8 Å². The summed E-state index contributed by atoms with van der Waals surface area (Å²) in [6, 6.07) is 1.91. The summed E-state index contributed by atoms with van der Waals surface area (Å²) in [7, 11) is 0. The van der Waals surface area contributed by atoms with Crippen LogP contribution in [0.2, 0.25) is 0 Å². The topological polar surface area (TPSA) is 101 Å². The number of urea groups is 1. The molecule has 8 nitrogen and oxygen atoms in total. The third-order valence-electron chi connectivity index (χ3n) is 3.00. The summed E-state index contributed by atoms with van der Waals surface area (Å²) >= 11 is 0. The molecule has 11 heteroatoms. The van der Waals surface area contributed by atoms with Crippen LogP contribution in [0, 0.1) is 0 Å². The molecule has 1 unspecified atom stereocenters. The Hall–Kier alpha value is -2.56. The second-order valence-electron chi connectivity index (χ2n) is 4.86. The van der Waals surface area contributed by atoms with Crippen molar-refractivity contribution in [3.63, 3.8) is 0 Å². The predicted molar refractivity (Wildman–Crippen MR) is 73.8 cm³/mol. The van der Waals surface area contributed by atoms with Crippen LogP contribution in [0.1, 0.15) is 0 Å². The van der Waals surface area contributed by atoms with Crippen LogP contribution in [0.4, 0.5) is 23.7 Å². The number of anilines is 1. The predicted octanol–water partition coefficient (Wildman–Crippen LogP) is 1.34. The number of carboxylic acids is 1. The van der Waals surface area contributed by atoms with Crippen LogP contribution in [0.3, 0.4) is 0 Å². The molecule has 1 fully saturated rings. The van der Waals surface area contributed by atoms with Crippen molar-refractivity contribution < 1.29 is 37.3 Å². The quantitative estimate of drug-likeness (QED) is 0.851. The Balaban J connectivity index is 1.95. The van der Waals surface area contributed by atoms with Gasteiger partial charge >= 0.3 is 18.2 Å². The fourth-order valence-electron chi connectivity index (χ4n) is 1.91. The summed E-state index contributed by atoms with van der Waals surface area (Å²) in [6.45, 7) is -1.37. The molecule has 2 rings (SSSR count). The smallest absolute Gasteiger partial charge is 0.422 e. The zero-order chi connectivity index (χ0) is 17.7. The third kappa shape index (κ3) is 5.26. The standard InChI is InChI=1S/C13H14F3N3O5/c14-13(15,16)7-24-10-5-8(1-2-17-10)18-12(22)19-3-4-23-9(6-19)11(20)21/h1-2,5,9H,3-4,6-7H2,(H,20,21)(H,17,18,22). The van der Waals surface area contributed by atoms with Crippen LogP contribution >= 0.6 is 0 Å². The van der Waals surface area contributed by atoms with Crippen molar-refractivity contribution in [2.75, 3.05) is 31.6 Å². The van der Waals surface area contributed by atoms with E-state index in [4.69, 9.17) is 9.84 Å². The molecule has 1 aromatic rings. The number of carboxylic acid groups (broad SMARTS) is 1. The molecule has 2 amide bonds. The molecule has 0 radical (unpaired) electrons. The highest BCUT2D eigenvalue weighted by Gasteiger charge is 2.30. The second-order valence-corrected chi connectivity index (χ2v) is 4.86. The number of rotatable bonds is 4. The minimum absolute atomic E-state index is 0.0701. The molecule has 2 heterocycles. The lowest BCUT2D eigenvalue weighted by Gasteiger charge is -2.30. The molecule has 0 aliphatic carbocycles. The molecule has 0 saturated carbocycles. The zero-order valence-corrected chi connectivity index (χ0v) is 12.2. The molecule has 0 aromatic carbocycles. The summed E-state index contributed by atoms with van der Waals surface area (Å²) in [5.41, 5.74) is 0.172. The first-order valence-corrected chi connectivity index (χ1v) is 6.80. The SMILES string of the molecule is O=C(O)C1CN(C(=O)Nc2ccnc(OCC(F)(F)F)c2)CCO1. The van der Waals surface area contributed by atoms with Gasteiger partial charge in [-0.1, -0.05) is 0 Å². The fraction of sp³-hybridized carbons (Fsp3) is 0.462. The van der Waals surface area contributed by atoms with E-state index in [1.165, 1.54) is 17.2 Å². The average Bonchev–Trinajstić information content (AvgIpc) is 2.53. The van der Waals surface area contributed by atoms with E-state index in [1.807, 2.05) is 0 Å². The second kappa shape index (κ2) is 7.34. The summed E-state index contributed by atoms with van der Waals surface area (Å²) in [6.07, 6.45) is -4.44. The van der Waals surface area contributed by atoms with Crippen molar-refractivity contribution in [3.8, 4) is 5.88 Å². The van der Waals surface area contributed by atoms with Crippen LogP contribution in [-0.2, 0) is 9.53 Å². The van der Waals surface area contributed by atoms with E-state index in [1.54, 1.807) is 0 Å². The summed E-state index contributed by atoms with van der Waals surface area (Å²) in [5.74, 6) is -1.48. The van der Waals surface area contributed by atoms with Gasteiger partial charge in [-0.3, -0.25) is 0 Å². The van der Waals surface area contributed by atoms with Crippen molar-refractivity contribution in [2.45, 2.75) is 12.3 Å². The summed E-state index contributed by atoms with van der Waals surface area (Å²) < 4.78 is 45.8. The van der Waals surface area contributed by atoms with Gasteiger partial charge in [-0.05, 0) is 6.07 Å². The Labute approximate surface area is 134 Å². The molecule has 1 aliphatic rings. The normalized spacial score (nSPS) is 18.1. The number of hydrogen-bond acceptors (Lipinski definition) is 5. The number of aromatic nitrogens is 1. The van der Waals surface area contributed by atoms with Crippen LogP contribution in [0.15, 0.2) is 18.3 Å². The number of ether oxygens (including phenoxy) is 2. The molecule has 0 bridgehead atoms. The number of nitrogens with zero attached hydrogens (tertiary/aromatic N) is 2. The van der Waals surface area contributed by atoms with Gasteiger partial charge < -0.3 is 24.8 Å². The van der Waals surface area contributed by atoms with Gasteiger partial charge in [-0.15, -0.1) is 0 Å². The number of carbonyl (C=O) groups is 2. The highest BCUT2D eigenvalue weighted by molar-refractivity contribution is 5.90. The van der Waals surface area contributed by atoms with Crippen LogP contribution in [0.25, 0.3) is 0 Å². The Morgan fingerprint density at radius 1 is 1.50 bits per heavy atom. The largest absolute Gasteiger partial charge is 0.479 e. The van der Waals surface area contributed by atoms with E-state index >= 15 is 0 Å². The molecular formula is C13H14F3N3O5. The number of carbonyl (C=O) groups excluding carboxylic acids is 1. The van der Waals surface area contributed by atoms with E-state index < -0.39 is 30.9 Å². The Morgan fingerprint density at radius 2 is 2.25 bits per heavy atom. The van der Waals surface area contributed by atoms with Crippen molar-refractivity contribution >= 4 is 17.7 Å². The van der Waals surface area contributed by atoms with Gasteiger partial charge in [-0.2, -0.15) is 13.2 Å². The first kappa shape index (κ1) is 17.8. The molecular weight excluding hydrogens is 335 g/mol. The number of nitrogens with one attached hydrogen (secondary N) is 1. The number of alkyl halides is 3. The highest BCUT2D eigenvalue weighted by atomic mass is 19.4. The van der Waals surface area contributed by atoms with E-state index in [2.05, 4.69) is 15.0 Å². The maximum Gasteiger partial charge on any atom is 0.422 e. The summed E-state index contributed by atoms with van der Waals surface area (Å²) in [4.78, 5) is 27.8. The number of pyridine rings is 1. The van der Waals surface area contributed by atoms with Crippen molar-refractivity contribution in [2.24, 2.45) is 0 Å². The Kier molecular flexibility index (Phi) is 5.44. The van der Waals surface area contributed by atoms with Gasteiger partial charge in [0.2, 0.25) is 5.88 Å². The Bertz CT molecular complexity index is 611. The Morgan fingerprint density at radius 3 is 2.92 bits per heavy atom. The lowest BCUT2D eigenvalue weighted by atomic mass is 10.3. The number of hydrogen-bond donors (Lipinski definition) is 2. The van der Waals surface area contributed by atoms with E-state index in [0.717, 1.165) is 6.07 Å². The van der Waals surface area contributed by atoms with E-state index in [0.29, 0.717) is 0 Å². The van der Waals surface area contributed by atoms with E-state index in [-0.39, 0.29) is 31.3 Å².